The number of amides is 3. The van der Waals surface area contributed by atoms with Gasteiger partial charge < -0.3 is 4.90 Å². The lowest BCUT2D eigenvalue weighted by molar-refractivity contribution is -0.143. The van der Waals surface area contributed by atoms with Crippen molar-refractivity contribution in [2.24, 2.45) is 5.92 Å². The quantitative estimate of drug-likeness (QED) is 0.720. The fraction of sp³-hybridized carbons (Fsp3) is 0.417. The Morgan fingerprint density at radius 1 is 1.07 bits per heavy atom. The maximum Gasteiger partial charge on any atom is 0.241 e. The molecule has 0 N–H and O–H groups in total. The zero-order valence-corrected chi connectivity index (χ0v) is 16.9. The Bertz CT molecular complexity index is 978. The molecule has 0 spiro atoms. The summed E-state index contributed by atoms with van der Waals surface area (Å²) >= 11 is 0. The van der Waals surface area contributed by atoms with E-state index in [1.54, 1.807) is 24.5 Å². The molecule has 2 saturated heterocycles. The van der Waals surface area contributed by atoms with Gasteiger partial charge in [0.15, 0.2) is 0 Å². The van der Waals surface area contributed by atoms with Gasteiger partial charge in [0.2, 0.25) is 17.7 Å². The smallest absolute Gasteiger partial charge is 0.241 e. The molecular weight excluding hydrogens is 378 g/mol. The van der Waals surface area contributed by atoms with Crippen LogP contribution in [-0.2, 0) is 26.3 Å². The summed E-state index contributed by atoms with van der Waals surface area (Å²) in [5.74, 6) is 0.0957. The van der Waals surface area contributed by atoms with Crippen molar-refractivity contribution in [3.63, 3.8) is 0 Å². The summed E-state index contributed by atoms with van der Waals surface area (Å²) in [4.78, 5) is 47.2. The fourth-order valence-corrected chi connectivity index (χ4v) is 5.44. The number of likely N-dealkylation sites (tertiary alicyclic amines) is 2. The van der Waals surface area contributed by atoms with Crippen molar-refractivity contribution in [2.45, 2.75) is 50.1 Å². The van der Waals surface area contributed by atoms with E-state index in [-0.39, 0.29) is 37.1 Å². The molecule has 30 heavy (non-hydrogen) atoms. The molecule has 1 saturated carbocycles. The van der Waals surface area contributed by atoms with Gasteiger partial charge in [0.1, 0.15) is 0 Å². The zero-order chi connectivity index (χ0) is 20.7. The Morgan fingerprint density at radius 2 is 1.83 bits per heavy atom. The number of pyridine rings is 1. The van der Waals surface area contributed by atoms with Crippen molar-refractivity contribution in [3.8, 4) is 0 Å². The molecule has 3 atom stereocenters. The first-order chi connectivity index (χ1) is 14.6. The van der Waals surface area contributed by atoms with E-state index in [0.29, 0.717) is 12.0 Å². The maximum absolute atomic E-state index is 13.7. The van der Waals surface area contributed by atoms with Gasteiger partial charge in [-0.15, -0.1) is 0 Å². The Morgan fingerprint density at radius 3 is 2.50 bits per heavy atom. The minimum Gasteiger partial charge on any atom is -0.339 e. The molecule has 2 aliphatic heterocycles. The molecule has 3 aliphatic rings. The molecule has 0 radical (unpaired) electrons. The number of benzene rings is 1. The highest BCUT2D eigenvalue weighted by atomic mass is 16.2. The van der Waals surface area contributed by atoms with Crippen LogP contribution in [0.25, 0.3) is 0 Å². The summed E-state index contributed by atoms with van der Waals surface area (Å²) < 4.78 is 0. The molecule has 3 heterocycles. The fourth-order valence-electron chi connectivity index (χ4n) is 5.44. The SMILES string of the molecule is O=C1C[C@](CC(=O)N2C[C@@H]3CC[C@@H]2C3)(c2ccccc2)C(=O)N1Cc1ccncc1. The number of piperidine rings is 1. The molecule has 1 aromatic heterocycles. The van der Waals surface area contributed by atoms with Crippen molar-refractivity contribution in [1.82, 2.24) is 14.8 Å². The molecular formula is C24H25N3O3. The van der Waals surface area contributed by atoms with Gasteiger partial charge in [-0.25, -0.2) is 0 Å². The Kier molecular flexibility index (Phi) is 4.65. The Hall–Kier alpha value is -3.02. The predicted molar refractivity (Wildman–Crippen MR) is 110 cm³/mol. The van der Waals surface area contributed by atoms with Crippen LogP contribution in [0.1, 0.15) is 43.2 Å². The molecule has 1 aliphatic carbocycles. The second-order valence-corrected chi connectivity index (χ2v) is 8.82. The van der Waals surface area contributed by atoms with Gasteiger partial charge in [0, 0.05) is 37.8 Å². The number of carbonyl (C=O) groups excluding carboxylic acids is 3. The van der Waals surface area contributed by atoms with E-state index in [2.05, 4.69) is 4.98 Å². The highest BCUT2D eigenvalue weighted by Crippen LogP contribution is 2.43. The lowest BCUT2D eigenvalue weighted by Crippen LogP contribution is -2.45. The zero-order valence-electron chi connectivity index (χ0n) is 16.9. The summed E-state index contributed by atoms with van der Waals surface area (Å²) in [7, 11) is 0. The molecule has 3 fully saturated rings. The lowest BCUT2D eigenvalue weighted by Gasteiger charge is -2.32. The normalized spacial score (nSPS) is 27.9. The van der Waals surface area contributed by atoms with Gasteiger partial charge in [0.25, 0.3) is 0 Å². The molecule has 6 nitrogen and oxygen atoms in total. The molecule has 3 amide bonds. The van der Waals surface area contributed by atoms with Gasteiger partial charge >= 0.3 is 0 Å². The van der Waals surface area contributed by atoms with Crippen LogP contribution in [0, 0.1) is 5.92 Å². The van der Waals surface area contributed by atoms with E-state index >= 15 is 0 Å². The van der Waals surface area contributed by atoms with E-state index in [1.165, 1.54) is 11.3 Å². The van der Waals surface area contributed by atoms with E-state index in [1.807, 2.05) is 35.2 Å². The van der Waals surface area contributed by atoms with E-state index < -0.39 is 5.41 Å². The largest absolute Gasteiger partial charge is 0.339 e. The van der Waals surface area contributed by atoms with E-state index in [9.17, 15) is 14.4 Å². The summed E-state index contributed by atoms with van der Waals surface area (Å²) in [5, 5.41) is 0. The van der Waals surface area contributed by atoms with Crippen molar-refractivity contribution >= 4 is 17.7 Å². The van der Waals surface area contributed by atoms with Crippen molar-refractivity contribution in [1.29, 1.82) is 0 Å². The van der Waals surface area contributed by atoms with E-state index in [0.717, 1.165) is 30.5 Å². The van der Waals surface area contributed by atoms with Crippen LogP contribution in [0.3, 0.4) is 0 Å². The van der Waals surface area contributed by atoms with Crippen LogP contribution in [-0.4, -0.2) is 45.1 Å². The molecule has 154 valence electrons. The van der Waals surface area contributed by atoms with Crippen molar-refractivity contribution in [2.75, 3.05) is 6.54 Å². The number of fused-ring (bicyclic) bond motifs is 2. The van der Waals surface area contributed by atoms with Gasteiger partial charge in [-0.1, -0.05) is 30.3 Å². The molecule has 2 aromatic rings. The second-order valence-electron chi connectivity index (χ2n) is 8.82. The molecule has 6 heteroatoms. The number of hydrogen-bond donors (Lipinski definition) is 0. The third kappa shape index (κ3) is 3.11. The van der Waals surface area contributed by atoms with Crippen LogP contribution in [0.5, 0.6) is 0 Å². The third-order valence-corrected chi connectivity index (χ3v) is 7.01. The highest BCUT2D eigenvalue weighted by molar-refractivity contribution is 6.10. The summed E-state index contributed by atoms with van der Waals surface area (Å²) in [5.41, 5.74) is 0.474. The van der Waals surface area contributed by atoms with E-state index in [4.69, 9.17) is 0 Å². The maximum atomic E-state index is 13.7. The molecule has 1 aromatic carbocycles. The number of hydrogen-bond acceptors (Lipinski definition) is 4. The number of nitrogens with zero attached hydrogens (tertiary/aromatic N) is 3. The van der Waals surface area contributed by atoms with Gasteiger partial charge in [-0.2, -0.15) is 0 Å². The summed E-state index contributed by atoms with van der Waals surface area (Å²) in [6.45, 7) is 0.995. The van der Waals surface area contributed by atoms with Crippen LogP contribution < -0.4 is 0 Å². The topological polar surface area (TPSA) is 70.6 Å². The van der Waals surface area contributed by atoms with Crippen LogP contribution in [0.2, 0.25) is 0 Å². The first-order valence-corrected chi connectivity index (χ1v) is 10.7. The summed E-state index contributed by atoms with van der Waals surface area (Å²) in [6.07, 6.45) is 6.70. The first-order valence-electron chi connectivity index (χ1n) is 10.7. The monoisotopic (exact) mass is 403 g/mol. The van der Waals surface area contributed by atoms with Gasteiger partial charge in [-0.05, 0) is 48.4 Å². The Balaban J connectivity index is 1.46. The second kappa shape index (κ2) is 7.35. The van der Waals surface area contributed by atoms with Crippen LogP contribution >= 0.6 is 0 Å². The van der Waals surface area contributed by atoms with Crippen LogP contribution in [0.15, 0.2) is 54.9 Å². The van der Waals surface area contributed by atoms with Crippen LogP contribution in [0.4, 0.5) is 0 Å². The summed E-state index contributed by atoms with van der Waals surface area (Å²) in [6, 6.07) is 13.2. The number of carbonyl (C=O) groups is 3. The average molecular weight is 403 g/mol. The molecule has 5 rings (SSSR count). The minimum absolute atomic E-state index is 0.00189. The number of imide groups is 1. The van der Waals surface area contributed by atoms with Crippen molar-refractivity contribution < 1.29 is 14.4 Å². The third-order valence-electron chi connectivity index (χ3n) is 7.01. The molecule has 2 bridgehead atoms. The minimum atomic E-state index is -1.12. The first kappa shape index (κ1) is 19.0. The lowest BCUT2D eigenvalue weighted by atomic mass is 9.75. The van der Waals surface area contributed by atoms with Crippen molar-refractivity contribution in [3.05, 3.63) is 66.0 Å². The standard InChI is InChI=1S/C24H25N3O3/c28-21(26-16-18-6-7-20(26)12-18)13-24(19-4-2-1-3-5-19)14-22(29)27(23(24)30)15-17-8-10-25-11-9-17/h1-5,8-11,18,20H,6-7,12-16H2/t18-,20-,24-/m1/s1. The molecule has 0 unspecified atom stereocenters. The van der Waals surface area contributed by atoms with Gasteiger partial charge in [0.05, 0.1) is 12.0 Å². The number of aromatic nitrogens is 1. The average Bonchev–Trinajstić information content (AvgIpc) is 3.46. The van der Waals surface area contributed by atoms with Gasteiger partial charge in [-0.3, -0.25) is 24.3 Å². The highest BCUT2D eigenvalue weighted by Gasteiger charge is 2.55. The predicted octanol–water partition coefficient (Wildman–Crippen LogP) is 2.68. The number of rotatable bonds is 5. The Labute approximate surface area is 175 Å².